The Labute approximate surface area is 197 Å². The van der Waals surface area contributed by atoms with Crippen molar-refractivity contribution in [2.24, 2.45) is 0 Å². The van der Waals surface area contributed by atoms with Gasteiger partial charge < -0.3 is 10.2 Å². The van der Waals surface area contributed by atoms with E-state index in [1.165, 1.54) is 4.90 Å². The number of aryl methyl sites for hydroxylation is 3. The molecule has 0 saturated carbocycles. The number of benzene rings is 2. The lowest BCUT2D eigenvalue weighted by atomic mass is 10.1. The maximum absolute atomic E-state index is 13.6. The first kappa shape index (κ1) is 26.4. The summed E-state index contributed by atoms with van der Waals surface area (Å²) in [4.78, 5) is 27.9. The highest BCUT2D eigenvalue weighted by Crippen LogP contribution is 2.24. The lowest BCUT2D eigenvalue weighted by Crippen LogP contribution is -2.52. The Bertz CT molecular complexity index is 1100. The molecule has 180 valence electrons. The van der Waals surface area contributed by atoms with Crippen LogP contribution in [0.1, 0.15) is 42.5 Å². The second-order valence-corrected chi connectivity index (χ2v) is 10.2. The molecule has 2 aromatic carbocycles. The van der Waals surface area contributed by atoms with Crippen molar-refractivity contribution in [2.45, 2.75) is 53.6 Å². The molecule has 2 aromatic rings. The number of likely N-dealkylation sites (N-methyl/N-ethyl adjacent to an activating group) is 1. The fourth-order valence-electron chi connectivity index (χ4n) is 3.86. The van der Waals surface area contributed by atoms with Crippen LogP contribution in [-0.2, 0) is 26.2 Å². The second-order valence-electron chi connectivity index (χ2n) is 8.33. The van der Waals surface area contributed by atoms with Crippen molar-refractivity contribution >= 4 is 27.5 Å². The Hall–Kier alpha value is -2.87. The standard InChI is InChI=1S/C25H35N3O4S/c1-7-22(25(30)26-8-2)27(16-21-12-10-9-11-19(21)4)24(29)17-28(33(6,31)32)23-14-13-18(3)15-20(23)5/h9-15,22H,7-8,16-17H2,1-6H3,(H,26,30). The molecule has 0 fully saturated rings. The van der Waals surface area contributed by atoms with Crippen LogP contribution < -0.4 is 9.62 Å². The van der Waals surface area contributed by atoms with Gasteiger partial charge in [0.1, 0.15) is 12.6 Å². The summed E-state index contributed by atoms with van der Waals surface area (Å²) in [5.41, 5.74) is 4.12. The van der Waals surface area contributed by atoms with Crippen LogP contribution in [0.25, 0.3) is 0 Å². The van der Waals surface area contributed by atoms with E-state index in [-0.39, 0.29) is 19.0 Å². The second kappa shape index (κ2) is 11.3. The zero-order chi connectivity index (χ0) is 24.8. The Kier molecular flexibility index (Phi) is 9.05. The molecule has 0 radical (unpaired) electrons. The zero-order valence-corrected chi connectivity index (χ0v) is 21.2. The molecule has 1 atom stereocenters. The highest BCUT2D eigenvalue weighted by atomic mass is 32.2. The Morgan fingerprint density at radius 3 is 2.21 bits per heavy atom. The van der Waals surface area contributed by atoms with Crippen molar-refractivity contribution in [2.75, 3.05) is 23.7 Å². The van der Waals surface area contributed by atoms with E-state index in [9.17, 15) is 18.0 Å². The van der Waals surface area contributed by atoms with E-state index in [1.54, 1.807) is 6.07 Å². The number of carbonyl (C=O) groups excluding carboxylic acids is 2. The lowest BCUT2D eigenvalue weighted by Gasteiger charge is -2.33. The summed E-state index contributed by atoms with van der Waals surface area (Å²) >= 11 is 0. The van der Waals surface area contributed by atoms with E-state index in [2.05, 4.69) is 5.32 Å². The molecule has 8 heteroatoms. The Balaban J connectivity index is 2.48. The van der Waals surface area contributed by atoms with Crippen molar-refractivity contribution in [3.05, 3.63) is 64.7 Å². The minimum atomic E-state index is -3.74. The summed E-state index contributed by atoms with van der Waals surface area (Å²) in [6.45, 7) is 9.63. The average molecular weight is 474 g/mol. The number of hydrogen-bond acceptors (Lipinski definition) is 4. The van der Waals surface area contributed by atoms with Crippen molar-refractivity contribution < 1.29 is 18.0 Å². The number of amides is 2. The minimum Gasteiger partial charge on any atom is -0.355 e. The molecule has 0 saturated heterocycles. The third kappa shape index (κ3) is 6.81. The quantitative estimate of drug-likeness (QED) is 0.574. The van der Waals surface area contributed by atoms with Gasteiger partial charge in [0.05, 0.1) is 11.9 Å². The van der Waals surface area contributed by atoms with Gasteiger partial charge in [0.15, 0.2) is 0 Å². The molecular formula is C25H35N3O4S. The number of sulfonamides is 1. The summed E-state index contributed by atoms with van der Waals surface area (Å²) < 4.78 is 26.5. The largest absolute Gasteiger partial charge is 0.355 e. The molecule has 2 amide bonds. The third-order valence-corrected chi connectivity index (χ3v) is 6.77. The van der Waals surface area contributed by atoms with E-state index < -0.39 is 22.0 Å². The maximum atomic E-state index is 13.6. The van der Waals surface area contributed by atoms with Gasteiger partial charge in [0.25, 0.3) is 0 Å². The summed E-state index contributed by atoms with van der Waals surface area (Å²) in [5, 5.41) is 2.80. The summed E-state index contributed by atoms with van der Waals surface area (Å²) in [5.74, 6) is -0.680. The molecule has 33 heavy (non-hydrogen) atoms. The third-order valence-electron chi connectivity index (χ3n) is 5.64. The van der Waals surface area contributed by atoms with Crippen molar-refractivity contribution in [3.63, 3.8) is 0 Å². The van der Waals surface area contributed by atoms with Crippen molar-refractivity contribution in [1.82, 2.24) is 10.2 Å². The number of carbonyl (C=O) groups is 2. The van der Waals surface area contributed by atoms with Crippen LogP contribution in [0.3, 0.4) is 0 Å². The Morgan fingerprint density at radius 1 is 1.00 bits per heavy atom. The van der Waals surface area contributed by atoms with Gasteiger partial charge in [-0.15, -0.1) is 0 Å². The summed E-state index contributed by atoms with van der Waals surface area (Å²) in [6, 6.07) is 12.4. The molecule has 0 aliphatic heterocycles. The van der Waals surface area contributed by atoms with E-state index in [0.717, 1.165) is 32.8 Å². The van der Waals surface area contributed by atoms with Gasteiger partial charge in [0.2, 0.25) is 21.8 Å². The molecular weight excluding hydrogens is 438 g/mol. The van der Waals surface area contributed by atoms with E-state index in [4.69, 9.17) is 0 Å². The predicted molar refractivity (Wildman–Crippen MR) is 133 cm³/mol. The number of nitrogens with zero attached hydrogens (tertiary/aromatic N) is 2. The van der Waals surface area contributed by atoms with Crippen LogP contribution in [0.5, 0.6) is 0 Å². The normalized spacial score (nSPS) is 12.2. The zero-order valence-electron chi connectivity index (χ0n) is 20.4. The molecule has 0 aliphatic rings. The number of hydrogen-bond donors (Lipinski definition) is 1. The molecule has 0 bridgehead atoms. The van der Waals surface area contributed by atoms with Crippen LogP contribution >= 0.6 is 0 Å². The lowest BCUT2D eigenvalue weighted by molar-refractivity contribution is -0.140. The van der Waals surface area contributed by atoms with Gasteiger partial charge in [-0.1, -0.05) is 48.9 Å². The predicted octanol–water partition coefficient (Wildman–Crippen LogP) is 3.32. The van der Waals surface area contributed by atoms with Crippen LogP contribution in [-0.4, -0.2) is 50.5 Å². The number of anilines is 1. The van der Waals surface area contributed by atoms with Gasteiger partial charge in [-0.25, -0.2) is 8.42 Å². The van der Waals surface area contributed by atoms with Crippen LogP contribution in [0, 0.1) is 20.8 Å². The molecule has 7 nitrogen and oxygen atoms in total. The smallest absolute Gasteiger partial charge is 0.244 e. The molecule has 0 spiro atoms. The molecule has 1 unspecified atom stereocenters. The minimum absolute atomic E-state index is 0.214. The highest BCUT2D eigenvalue weighted by molar-refractivity contribution is 7.92. The van der Waals surface area contributed by atoms with Gasteiger partial charge in [0, 0.05) is 13.1 Å². The molecule has 0 aromatic heterocycles. The number of rotatable bonds is 10. The van der Waals surface area contributed by atoms with E-state index in [0.29, 0.717) is 18.7 Å². The maximum Gasteiger partial charge on any atom is 0.244 e. The monoisotopic (exact) mass is 473 g/mol. The van der Waals surface area contributed by atoms with Crippen LogP contribution in [0.4, 0.5) is 5.69 Å². The molecule has 2 rings (SSSR count). The first-order valence-electron chi connectivity index (χ1n) is 11.2. The first-order chi connectivity index (χ1) is 15.5. The highest BCUT2D eigenvalue weighted by Gasteiger charge is 2.32. The van der Waals surface area contributed by atoms with Gasteiger partial charge in [-0.2, -0.15) is 0 Å². The van der Waals surface area contributed by atoms with Gasteiger partial charge >= 0.3 is 0 Å². The Morgan fingerprint density at radius 2 is 1.67 bits per heavy atom. The summed E-state index contributed by atoms with van der Waals surface area (Å²) in [7, 11) is -3.74. The SMILES string of the molecule is CCNC(=O)C(CC)N(Cc1ccccc1C)C(=O)CN(c1ccc(C)cc1C)S(C)(=O)=O. The molecule has 0 heterocycles. The van der Waals surface area contributed by atoms with Gasteiger partial charge in [-0.3, -0.25) is 13.9 Å². The molecule has 1 N–H and O–H groups in total. The molecule has 0 aliphatic carbocycles. The fraction of sp³-hybridized carbons (Fsp3) is 0.440. The first-order valence-corrected chi connectivity index (χ1v) is 13.0. The fourth-order valence-corrected chi connectivity index (χ4v) is 4.77. The van der Waals surface area contributed by atoms with Crippen molar-refractivity contribution in [1.29, 1.82) is 0 Å². The van der Waals surface area contributed by atoms with Crippen LogP contribution in [0.2, 0.25) is 0 Å². The topological polar surface area (TPSA) is 86.8 Å². The average Bonchev–Trinajstić information content (AvgIpc) is 2.73. The van der Waals surface area contributed by atoms with Crippen molar-refractivity contribution in [3.8, 4) is 0 Å². The van der Waals surface area contributed by atoms with E-state index >= 15 is 0 Å². The van der Waals surface area contributed by atoms with Crippen LogP contribution in [0.15, 0.2) is 42.5 Å². The number of nitrogens with one attached hydrogen (secondary N) is 1. The van der Waals surface area contributed by atoms with Gasteiger partial charge in [-0.05, 0) is 56.9 Å². The van der Waals surface area contributed by atoms with E-state index in [1.807, 2.05) is 71.0 Å². The summed E-state index contributed by atoms with van der Waals surface area (Å²) in [6.07, 6.45) is 1.50.